The second kappa shape index (κ2) is 15.2. The molecule has 0 spiro atoms. The van der Waals surface area contributed by atoms with Crippen molar-refractivity contribution in [1.82, 2.24) is 24.1 Å². The predicted octanol–water partition coefficient (Wildman–Crippen LogP) is 16.2. The third kappa shape index (κ3) is 5.99. The summed E-state index contributed by atoms with van der Waals surface area (Å²) in [7, 11) is 0. The van der Waals surface area contributed by atoms with Crippen LogP contribution >= 0.6 is 0 Å². The molecule has 0 aliphatic rings. The number of aromatic nitrogens is 5. The second-order valence-corrected chi connectivity index (χ2v) is 17.6. The summed E-state index contributed by atoms with van der Waals surface area (Å²) >= 11 is 0. The van der Waals surface area contributed by atoms with Crippen LogP contribution in [0.5, 0.6) is 0 Å². The second-order valence-electron chi connectivity index (χ2n) is 17.6. The summed E-state index contributed by atoms with van der Waals surface area (Å²) < 4.78 is 4.92. The molecule has 3 heterocycles. The van der Waals surface area contributed by atoms with Gasteiger partial charge >= 0.3 is 0 Å². The fourth-order valence-electron chi connectivity index (χ4n) is 10.6. The quantitative estimate of drug-likeness (QED) is 0.167. The van der Waals surface area contributed by atoms with Gasteiger partial charge in [0.15, 0.2) is 17.5 Å². The normalized spacial score (nSPS) is 11.8. The van der Waals surface area contributed by atoms with E-state index in [0.29, 0.717) is 17.5 Å². The van der Waals surface area contributed by atoms with Crippen LogP contribution in [0.25, 0.3) is 133 Å². The largest absolute Gasteiger partial charge is 0.309 e. The summed E-state index contributed by atoms with van der Waals surface area (Å²) in [6.07, 6.45) is 0. The van der Waals surface area contributed by atoms with Gasteiger partial charge in [0.05, 0.1) is 27.8 Å². The Morgan fingerprint density at radius 3 is 1.59 bits per heavy atom. The molecular formula is C63H39N5. The molecular weight excluding hydrogens is 827 g/mol. The topological polar surface area (TPSA) is 48.5 Å². The molecule has 0 saturated heterocycles. The Morgan fingerprint density at radius 2 is 0.824 bits per heavy atom. The van der Waals surface area contributed by atoms with E-state index in [-0.39, 0.29) is 0 Å². The number of hydrogen-bond acceptors (Lipinski definition) is 3. The average molecular weight is 866 g/mol. The van der Waals surface area contributed by atoms with Crippen LogP contribution in [0.1, 0.15) is 0 Å². The first-order chi connectivity index (χ1) is 33.7. The van der Waals surface area contributed by atoms with Crippen LogP contribution in [0.2, 0.25) is 0 Å². The first-order valence-electron chi connectivity index (χ1n) is 23.1. The van der Waals surface area contributed by atoms with E-state index in [2.05, 4.69) is 228 Å². The summed E-state index contributed by atoms with van der Waals surface area (Å²) in [6.45, 7) is 0. The average Bonchev–Trinajstić information content (AvgIpc) is 3.91. The number of nitrogens with zero attached hydrogens (tertiary/aromatic N) is 5. The Labute approximate surface area is 391 Å². The van der Waals surface area contributed by atoms with Gasteiger partial charge in [0, 0.05) is 49.3 Å². The monoisotopic (exact) mass is 865 g/mol. The van der Waals surface area contributed by atoms with E-state index in [1.165, 1.54) is 54.3 Å². The minimum absolute atomic E-state index is 0.613. The first kappa shape index (κ1) is 38.1. The van der Waals surface area contributed by atoms with Crippen LogP contribution in [0.15, 0.2) is 237 Å². The highest BCUT2D eigenvalue weighted by Crippen LogP contribution is 2.45. The molecule has 0 N–H and O–H groups in total. The predicted molar refractivity (Wildman–Crippen MR) is 283 cm³/mol. The maximum Gasteiger partial charge on any atom is 0.164 e. The lowest BCUT2D eigenvalue weighted by Gasteiger charge is -2.15. The Hall–Kier alpha value is -9.19. The first-order valence-corrected chi connectivity index (χ1v) is 23.1. The van der Waals surface area contributed by atoms with Gasteiger partial charge in [0.1, 0.15) is 0 Å². The van der Waals surface area contributed by atoms with Crippen molar-refractivity contribution in [2.75, 3.05) is 0 Å². The molecule has 0 atom stereocenters. The van der Waals surface area contributed by atoms with Crippen molar-refractivity contribution in [2.45, 2.75) is 0 Å². The zero-order valence-corrected chi connectivity index (χ0v) is 36.8. The fraction of sp³-hybridized carbons (Fsp3) is 0. The van der Waals surface area contributed by atoms with E-state index in [0.717, 1.165) is 60.8 Å². The van der Waals surface area contributed by atoms with Gasteiger partial charge in [-0.05, 0) is 92.7 Å². The molecule has 0 aliphatic carbocycles. The van der Waals surface area contributed by atoms with Gasteiger partial charge in [-0.15, -0.1) is 0 Å². The van der Waals surface area contributed by atoms with Crippen LogP contribution in [0.3, 0.4) is 0 Å². The summed E-state index contributed by atoms with van der Waals surface area (Å²) in [6, 6.07) is 84.8. The van der Waals surface area contributed by atoms with Crippen LogP contribution < -0.4 is 0 Å². The van der Waals surface area contributed by atoms with E-state index in [4.69, 9.17) is 15.0 Å². The van der Waals surface area contributed by atoms with Crippen molar-refractivity contribution < 1.29 is 0 Å². The number of fused-ring (bicyclic) bond motifs is 10. The molecule has 0 amide bonds. The van der Waals surface area contributed by atoms with Gasteiger partial charge in [0.2, 0.25) is 0 Å². The van der Waals surface area contributed by atoms with E-state index >= 15 is 0 Å². The third-order valence-electron chi connectivity index (χ3n) is 13.7. The standard InChI is InChI=1S/C63H39N5/c1-4-19-41(20-5-1)52-38-59-60(51-30-15-14-28-49(51)52)54-37-53-50-29-16-17-31-55(50)68(57(53)39-58(54)67(59)47-25-8-3-9-26-47)56-36-46(35-44-24-12-13-27-48(44)56)63-65-61(42-21-6-2-7-22-42)64-62(66-63)45-33-32-40-18-10-11-23-43(40)34-45/h1-39H. The molecule has 5 nitrogen and oxygen atoms in total. The van der Waals surface area contributed by atoms with Gasteiger partial charge in [-0.1, -0.05) is 182 Å². The van der Waals surface area contributed by atoms with Crippen LogP contribution in [0, 0.1) is 0 Å². The van der Waals surface area contributed by atoms with Crippen molar-refractivity contribution >= 4 is 75.9 Å². The molecule has 316 valence electrons. The van der Waals surface area contributed by atoms with E-state index in [1.54, 1.807) is 0 Å². The molecule has 0 bridgehead atoms. The molecule has 0 unspecified atom stereocenters. The van der Waals surface area contributed by atoms with Gasteiger partial charge in [-0.3, -0.25) is 0 Å². The maximum absolute atomic E-state index is 5.29. The lowest BCUT2D eigenvalue weighted by atomic mass is 9.94. The molecule has 11 aromatic carbocycles. The maximum atomic E-state index is 5.29. The summed E-state index contributed by atoms with van der Waals surface area (Å²) in [4.78, 5) is 15.6. The number of hydrogen-bond donors (Lipinski definition) is 0. The summed E-state index contributed by atoms with van der Waals surface area (Å²) in [5.74, 6) is 1.87. The molecule has 3 aromatic heterocycles. The SMILES string of the molecule is c1ccc(-c2nc(-c3ccc4ccccc4c3)nc(-c3cc(-n4c5ccccc5c5cc6c7c8ccccc8c(-c8ccccc8)cc7n(-c7ccccc7)c6cc54)c4ccccc4c3)n2)cc1. The van der Waals surface area contributed by atoms with Gasteiger partial charge < -0.3 is 9.13 Å². The molecule has 0 aliphatic heterocycles. The molecule has 68 heavy (non-hydrogen) atoms. The molecule has 0 fully saturated rings. The van der Waals surface area contributed by atoms with Crippen molar-refractivity contribution in [3.8, 4) is 56.7 Å². The Balaban J connectivity index is 1.07. The Kier molecular flexibility index (Phi) is 8.52. The molecule has 0 radical (unpaired) electrons. The molecule has 14 rings (SSSR count). The van der Waals surface area contributed by atoms with Crippen molar-refractivity contribution in [2.24, 2.45) is 0 Å². The number of rotatable bonds is 6. The molecule has 0 saturated carbocycles. The smallest absolute Gasteiger partial charge is 0.164 e. The van der Waals surface area contributed by atoms with E-state index in [1.807, 2.05) is 18.2 Å². The van der Waals surface area contributed by atoms with Crippen molar-refractivity contribution in [3.05, 3.63) is 237 Å². The Bertz CT molecular complexity index is 4300. The highest BCUT2D eigenvalue weighted by Gasteiger charge is 2.23. The van der Waals surface area contributed by atoms with E-state index in [9.17, 15) is 0 Å². The zero-order valence-electron chi connectivity index (χ0n) is 36.8. The zero-order chi connectivity index (χ0) is 44.7. The van der Waals surface area contributed by atoms with Crippen LogP contribution in [-0.2, 0) is 0 Å². The van der Waals surface area contributed by atoms with Crippen LogP contribution in [0.4, 0.5) is 0 Å². The summed E-state index contributed by atoms with van der Waals surface area (Å²) in [5.41, 5.74) is 11.9. The van der Waals surface area contributed by atoms with Crippen LogP contribution in [-0.4, -0.2) is 24.1 Å². The third-order valence-corrected chi connectivity index (χ3v) is 13.7. The lowest BCUT2D eigenvalue weighted by Crippen LogP contribution is -2.02. The van der Waals surface area contributed by atoms with E-state index < -0.39 is 0 Å². The minimum atomic E-state index is 0.613. The van der Waals surface area contributed by atoms with Crippen molar-refractivity contribution in [3.63, 3.8) is 0 Å². The summed E-state index contributed by atoms with van der Waals surface area (Å²) in [5, 5.41) is 11.9. The fourth-order valence-corrected chi connectivity index (χ4v) is 10.6. The lowest BCUT2D eigenvalue weighted by molar-refractivity contribution is 1.07. The Morgan fingerprint density at radius 1 is 0.265 bits per heavy atom. The molecule has 5 heteroatoms. The number of benzene rings is 11. The van der Waals surface area contributed by atoms with Crippen molar-refractivity contribution in [1.29, 1.82) is 0 Å². The highest BCUT2D eigenvalue weighted by molar-refractivity contribution is 6.27. The minimum Gasteiger partial charge on any atom is -0.309 e. The number of para-hydroxylation sites is 2. The van der Waals surface area contributed by atoms with Gasteiger partial charge in [-0.25, -0.2) is 15.0 Å². The molecule has 14 aromatic rings. The highest BCUT2D eigenvalue weighted by atomic mass is 15.0. The van der Waals surface area contributed by atoms with Gasteiger partial charge in [-0.2, -0.15) is 0 Å². The van der Waals surface area contributed by atoms with Gasteiger partial charge in [0.25, 0.3) is 0 Å².